The molecule has 0 bridgehead atoms. The summed E-state index contributed by atoms with van der Waals surface area (Å²) in [7, 11) is 0. The standard InChI is InChI=1S/C14H12N6.C13H12ClN5.2CN.Zn/c1-4-20-13(10-7-16-8-17-9(10)2)18-11-5-6-12(15-3)19-14(11)20;1-3-19-12(9-6-15-7-16-8(9)2)17-10-4-5-11(14)18-13(10)19;2*1-2;/h5-8H,4H2,1-2H3;4-7H,3H2,1-2H3;;;/q;;2*-1;+2. The Hall–Kier alpha value is -5.22. The Morgan fingerprint density at radius 2 is 1.18 bits per heavy atom. The van der Waals surface area contributed by atoms with Gasteiger partial charge in [-0.05, 0) is 52.0 Å². The van der Waals surface area contributed by atoms with E-state index in [1.54, 1.807) is 24.5 Å². The summed E-state index contributed by atoms with van der Waals surface area (Å²) in [5.74, 6) is 1.99. The van der Waals surface area contributed by atoms with Crippen LogP contribution in [0.25, 0.3) is 49.9 Å². The molecule has 0 spiro atoms. The molecule has 0 aliphatic carbocycles. The van der Waals surface area contributed by atoms with Crippen molar-refractivity contribution < 1.29 is 19.5 Å². The molecule has 0 saturated heterocycles. The fourth-order valence-electron chi connectivity index (χ4n) is 4.26. The number of hydrogen-bond donors (Lipinski definition) is 0. The van der Waals surface area contributed by atoms with Crippen LogP contribution in [0.3, 0.4) is 0 Å². The van der Waals surface area contributed by atoms with Crippen molar-refractivity contribution >= 4 is 39.7 Å². The van der Waals surface area contributed by atoms with E-state index < -0.39 is 0 Å². The first-order valence-electron chi connectivity index (χ1n) is 12.7. The summed E-state index contributed by atoms with van der Waals surface area (Å²) < 4.78 is 4.00. The number of halogens is 1. The molecule has 0 aromatic carbocycles. The van der Waals surface area contributed by atoms with Gasteiger partial charge in [-0.15, -0.1) is 0 Å². The van der Waals surface area contributed by atoms with Crippen LogP contribution in [0.5, 0.6) is 0 Å². The van der Waals surface area contributed by atoms with Crippen molar-refractivity contribution in [3.8, 4) is 22.8 Å². The van der Waals surface area contributed by atoms with Crippen LogP contribution >= 0.6 is 11.6 Å². The number of nitrogens with zero attached hydrogens (tertiary/aromatic N) is 13. The van der Waals surface area contributed by atoms with Crippen molar-refractivity contribution in [2.75, 3.05) is 0 Å². The van der Waals surface area contributed by atoms with E-state index in [0.29, 0.717) is 17.5 Å². The van der Waals surface area contributed by atoms with Crippen molar-refractivity contribution in [2.24, 2.45) is 0 Å². The average Bonchev–Trinajstić information content (AvgIpc) is 3.60. The van der Waals surface area contributed by atoms with E-state index in [-0.39, 0.29) is 19.5 Å². The average molecular weight is 655 g/mol. The smallest absolute Gasteiger partial charge is 0.512 e. The van der Waals surface area contributed by atoms with E-state index in [2.05, 4.69) is 44.7 Å². The number of fused-ring (bicyclic) bond motifs is 2. The Morgan fingerprint density at radius 1 is 0.727 bits per heavy atom. The van der Waals surface area contributed by atoms with Crippen molar-refractivity contribution in [3.63, 3.8) is 0 Å². The van der Waals surface area contributed by atoms with Gasteiger partial charge in [0.15, 0.2) is 5.65 Å². The minimum absolute atomic E-state index is 0. The van der Waals surface area contributed by atoms with E-state index in [0.717, 1.165) is 63.0 Å². The summed E-state index contributed by atoms with van der Waals surface area (Å²) in [5.41, 5.74) is 6.67. The van der Waals surface area contributed by atoms with Gasteiger partial charge in [-0.2, -0.15) is 0 Å². The Labute approximate surface area is 271 Å². The van der Waals surface area contributed by atoms with Crippen LogP contribution in [0, 0.1) is 44.1 Å². The van der Waals surface area contributed by atoms with Crippen LogP contribution in [0.2, 0.25) is 5.15 Å². The normalized spacial score (nSPS) is 9.73. The molecule has 214 valence electrons. The maximum absolute atomic E-state index is 7.06. The molecule has 0 amide bonds. The fourth-order valence-corrected chi connectivity index (χ4v) is 4.41. The zero-order chi connectivity index (χ0) is 31.5. The second-order valence-electron chi connectivity index (χ2n) is 8.50. The molecule has 0 aliphatic heterocycles. The topological polar surface area (TPSA) is 165 Å². The predicted octanol–water partition coefficient (Wildman–Crippen LogP) is 5.83. The van der Waals surface area contributed by atoms with Gasteiger partial charge in [-0.3, -0.25) is 4.57 Å². The van der Waals surface area contributed by atoms with Crippen LogP contribution in [0.15, 0.2) is 49.3 Å². The Bertz CT molecular complexity index is 1950. The molecule has 0 radical (unpaired) electrons. The molecule has 0 aliphatic rings. The zero-order valence-corrected chi connectivity index (χ0v) is 28.2. The Morgan fingerprint density at radius 3 is 1.61 bits per heavy atom. The van der Waals surface area contributed by atoms with E-state index in [1.807, 2.05) is 49.0 Å². The molecule has 6 aromatic rings. The van der Waals surface area contributed by atoms with Gasteiger partial charge in [0.25, 0.3) is 11.5 Å². The van der Waals surface area contributed by atoms with Crippen LogP contribution < -0.4 is 0 Å². The number of rotatable bonds is 4. The molecular formula is C29H24ClN13Zn. The maximum Gasteiger partial charge on any atom is 2.00 e. The molecule has 15 heteroatoms. The van der Waals surface area contributed by atoms with Gasteiger partial charge in [0.1, 0.15) is 40.5 Å². The van der Waals surface area contributed by atoms with Crippen LogP contribution in [-0.4, -0.2) is 49.0 Å². The van der Waals surface area contributed by atoms with E-state index in [4.69, 9.17) is 41.8 Å². The van der Waals surface area contributed by atoms with E-state index in [9.17, 15) is 0 Å². The Kier molecular flexibility index (Phi) is 13.1. The van der Waals surface area contributed by atoms with Gasteiger partial charge in [0, 0.05) is 25.5 Å². The molecule has 0 atom stereocenters. The summed E-state index contributed by atoms with van der Waals surface area (Å²) in [4.78, 5) is 37.8. The number of pyridine rings is 2. The number of hydrogen-bond acceptors (Lipinski definition) is 10. The van der Waals surface area contributed by atoms with Crippen LogP contribution in [0.1, 0.15) is 25.2 Å². The minimum Gasteiger partial charge on any atom is -0.512 e. The SMILES string of the molecule is CCn1c(-c2cncnc2C)nc2ccc(Cl)nc21.[C-]#N.[C-]#N.[C-]#[N+]c1ccc2nc(-c3cncnc3C)n(CC)c2n1.[Zn+2]. The molecule has 0 unspecified atom stereocenters. The van der Waals surface area contributed by atoms with Crippen LogP contribution in [-0.2, 0) is 32.6 Å². The number of imidazole rings is 2. The fraction of sp³-hybridized carbons (Fsp3) is 0.207. The summed E-state index contributed by atoms with van der Waals surface area (Å²) in [5, 5.41) is 13.0. The number of aryl methyl sites for hydroxylation is 4. The summed E-state index contributed by atoms with van der Waals surface area (Å²) >= 11 is 5.96. The Balaban J connectivity index is 0.000000271. The second kappa shape index (κ2) is 16.4. The first-order valence-corrected chi connectivity index (χ1v) is 13.1. The van der Waals surface area contributed by atoms with Gasteiger partial charge < -0.3 is 33.1 Å². The summed E-state index contributed by atoms with van der Waals surface area (Å²) in [6, 6.07) is 7.12. The second-order valence-corrected chi connectivity index (χ2v) is 8.89. The van der Waals surface area contributed by atoms with Crippen LogP contribution in [0.4, 0.5) is 5.82 Å². The molecule has 44 heavy (non-hydrogen) atoms. The molecule has 13 nitrogen and oxygen atoms in total. The third-order valence-corrected chi connectivity index (χ3v) is 6.40. The van der Waals surface area contributed by atoms with Gasteiger partial charge in [-0.1, -0.05) is 23.2 Å². The predicted molar refractivity (Wildman–Crippen MR) is 159 cm³/mol. The molecule has 6 rings (SSSR count). The van der Waals surface area contributed by atoms with Gasteiger partial charge >= 0.3 is 19.5 Å². The first-order chi connectivity index (χ1) is 20.9. The molecule has 6 aromatic heterocycles. The molecule has 0 N–H and O–H groups in total. The maximum atomic E-state index is 7.06. The van der Waals surface area contributed by atoms with Crippen molar-refractivity contribution in [1.82, 2.24) is 49.0 Å². The minimum atomic E-state index is 0. The zero-order valence-electron chi connectivity index (χ0n) is 24.4. The third-order valence-electron chi connectivity index (χ3n) is 6.19. The molecule has 0 fully saturated rings. The summed E-state index contributed by atoms with van der Waals surface area (Å²) in [6.45, 7) is 26.0. The van der Waals surface area contributed by atoms with Crippen molar-refractivity contribution in [2.45, 2.75) is 40.8 Å². The molecular weight excluding hydrogens is 631 g/mol. The van der Waals surface area contributed by atoms with E-state index >= 15 is 0 Å². The summed E-state index contributed by atoms with van der Waals surface area (Å²) in [6.07, 6.45) is 6.59. The first kappa shape index (κ1) is 35.0. The molecule has 0 saturated carbocycles. The third kappa shape index (κ3) is 7.22. The van der Waals surface area contributed by atoms with Crippen molar-refractivity contribution in [3.05, 3.63) is 90.4 Å². The number of aromatic nitrogens is 10. The quantitative estimate of drug-likeness (QED) is 0.128. The van der Waals surface area contributed by atoms with Crippen molar-refractivity contribution in [1.29, 1.82) is 10.5 Å². The van der Waals surface area contributed by atoms with Gasteiger partial charge in [0.2, 0.25) is 0 Å². The largest absolute Gasteiger partial charge is 2.00 e. The monoisotopic (exact) mass is 653 g/mol. The van der Waals surface area contributed by atoms with Gasteiger partial charge in [-0.25, -0.2) is 34.9 Å². The molecule has 6 heterocycles. The van der Waals surface area contributed by atoms with E-state index in [1.165, 1.54) is 12.7 Å². The van der Waals surface area contributed by atoms with Gasteiger partial charge in [0.05, 0.1) is 22.5 Å².